The molecule has 4 heteroatoms. The van der Waals surface area contributed by atoms with Gasteiger partial charge in [0, 0.05) is 34.6 Å². The zero-order valence-corrected chi connectivity index (χ0v) is 13.3. The molecule has 4 aliphatic heterocycles. The first kappa shape index (κ1) is 13.1. The molecule has 0 saturated carbocycles. The van der Waals surface area contributed by atoms with E-state index < -0.39 is 0 Å². The average Bonchev–Trinajstić information content (AvgIpc) is 2.90. The van der Waals surface area contributed by atoms with Crippen LogP contribution in [0.25, 0.3) is 10.9 Å². The molecule has 4 aliphatic rings. The molecule has 3 nitrogen and oxygen atoms in total. The van der Waals surface area contributed by atoms with Crippen molar-refractivity contribution in [3.05, 3.63) is 35.5 Å². The van der Waals surface area contributed by atoms with E-state index >= 15 is 0 Å². The van der Waals surface area contributed by atoms with Gasteiger partial charge in [-0.3, -0.25) is 4.90 Å². The van der Waals surface area contributed by atoms with Crippen LogP contribution in [0.15, 0.2) is 24.3 Å². The molecule has 0 spiro atoms. The quantitative estimate of drug-likeness (QED) is 0.648. The standard InChI is InChI=1S/C18H19ClN2O/c1-9-17(19)11-6-16-18-12(7-15(21(9)16)13(11)8-22)10-4-2-3-5-14(10)20-18/h2-5,8-9,11,13,15-17,20H,6-7H2,1H3/t9-,11+,13+,15-,16-,17?/m0/s1. The van der Waals surface area contributed by atoms with Crippen molar-refractivity contribution in [2.75, 3.05) is 0 Å². The summed E-state index contributed by atoms with van der Waals surface area (Å²) in [5.74, 6) is 0.394. The third-order valence-corrected chi connectivity index (χ3v) is 6.96. The molecule has 3 saturated heterocycles. The molecule has 2 unspecified atom stereocenters. The minimum Gasteiger partial charge on any atom is -0.357 e. The number of H-pyrrole nitrogens is 1. The third kappa shape index (κ3) is 1.44. The summed E-state index contributed by atoms with van der Waals surface area (Å²) in [7, 11) is 0. The number of aromatic amines is 1. The SMILES string of the molecule is C[C@H]1C(Cl)[C@@H]2C[C@H]3c4[nH]c5ccccc5c4C[C@@H]([C@@H]2C=O)N31. The second-order valence-electron chi connectivity index (χ2n) is 7.10. The second kappa shape index (κ2) is 4.36. The van der Waals surface area contributed by atoms with Crippen LogP contribution in [0.1, 0.15) is 30.6 Å². The number of piperidine rings is 3. The molecule has 2 aromatic rings. The van der Waals surface area contributed by atoms with Crippen LogP contribution < -0.4 is 0 Å². The molecule has 114 valence electrons. The molecule has 1 aromatic carbocycles. The lowest BCUT2D eigenvalue weighted by Crippen LogP contribution is -2.67. The minimum absolute atomic E-state index is 0.0803. The van der Waals surface area contributed by atoms with Gasteiger partial charge in [0.1, 0.15) is 6.29 Å². The largest absolute Gasteiger partial charge is 0.357 e. The highest BCUT2D eigenvalue weighted by atomic mass is 35.5. The molecule has 1 aromatic heterocycles. The predicted molar refractivity (Wildman–Crippen MR) is 87.1 cm³/mol. The summed E-state index contributed by atoms with van der Waals surface area (Å²) < 4.78 is 0. The molecule has 7 atom stereocenters. The Bertz CT molecular complexity index is 770. The van der Waals surface area contributed by atoms with E-state index in [-0.39, 0.29) is 11.3 Å². The van der Waals surface area contributed by atoms with Crippen molar-refractivity contribution < 1.29 is 4.79 Å². The summed E-state index contributed by atoms with van der Waals surface area (Å²) >= 11 is 6.64. The Morgan fingerprint density at radius 2 is 2.18 bits per heavy atom. The van der Waals surface area contributed by atoms with Gasteiger partial charge < -0.3 is 9.78 Å². The fourth-order valence-corrected chi connectivity index (χ4v) is 5.74. The lowest BCUT2D eigenvalue weighted by molar-refractivity contribution is -0.131. The van der Waals surface area contributed by atoms with E-state index in [4.69, 9.17) is 11.6 Å². The number of halogens is 1. The average molecular weight is 315 g/mol. The molecule has 6 rings (SSSR count). The lowest BCUT2D eigenvalue weighted by Gasteiger charge is -2.61. The molecule has 3 fully saturated rings. The number of aromatic nitrogens is 1. The van der Waals surface area contributed by atoms with Crippen LogP contribution in [0, 0.1) is 11.8 Å². The van der Waals surface area contributed by atoms with E-state index in [2.05, 4.69) is 41.1 Å². The zero-order valence-electron chi connectivity index (χ0n) is 12.5. The predicted octanol–water partition coefficient (Wildman–Crippen LogP) is 3.28. The first-order valence-corrected chi connectivity index (χ1v) is 8.60. The number of hydrogen-bond acceptors (Lipinski definition) is 2. The molecular weight excluding hydrogens is 296 g/mol. The number of benzene rings is 1. The summed E-state index contributed by atoms with van der Waals surface area (Å²) in [5.41, 5.74) is 4.00. The molecule has 0 aliphatic carbocycles. The summed E-state index contributed by atoms with van der Waals surface area (Å²) in [6.45, 7) is 2.22. The van der Waals surface area contributed by atoms with Gasteiger partial charge in [-0.1, -0.05) is 18.2 Å². The molecule has 5 heterocycles. The molecular formula is C18H19ClN2O. The first-order chi connectivity index (χ1) is 10.7. The monoisotopic (exact) mass is 314 g/mol. The molecule has 0 amide bonds. The number of carbonyl (C=O) groups excluding carboxylic acids is 1. The highest BCUT2D eigenvalue weighted by Gasteiger charge is 2.57. The number of aldehydes is 1. The number of hydrogen-bond donors (Lipinski definition) is 1. The van der Waals surface area contributed by atoms with E-state index in [0.717, 1.165) is 12.8 Å². The van der Waals surface area contributed by atoms with E-state index in [1.807, 2.05) is 0 Å². The van der Waals surface area contributed by atoms with Gasteiger partial charge in [0.15, 0.2) is 0 Å². The summed E-state index contributed by atoms with van der Waals surface area (Å²) in [4.78, 5) is 17.9. The van der Waals surface area contributed by atoms with Gasteiger partial charge in [0.25, 0.3) is 0 Å². The van der Waals surface area contributed by atoms with Gasteiger partial charge in [0.05, 0.1) is 11.4 Å². The second-order valence-corrected chi connectivity index (χ2v) is 7.60. The van der Waals surface area contributed by atoms with Gasteiger partial charge in [0.2, 0.25) is 0 Å². The third-order valence-electron chi connectivity index (χ3n) is 6.27. The number of rotatable bonds is 1. The summed E-state index contributed by atoms with van der Waals surface area (Å²) in [5, 5.41) is 1.42. The van der Waals surface area contributed by atoms with Gasteiger partial charge in [-0.2, -0.15) is 0 Å². The normalized spacial score (nSPS) is 42.4. The number of para-hydroxylation sites is 1. The van der Waals surface area contributed by atoms with Crippen LogP contribution in [0.4, 0.5) is 0 Å². The minimum atomic E-state index is 0.0803. The highest BCUT2D eigenvalue weighted by Crippen LogP contribution is 2.55. The van der Waals surface area contributed by atoms with Crippen molar-refractivity contribution in [3.8, 4) is 0 Å². The maximum absolute atomic E-state index is 11.7. The Balaban J connectivity index is 1.72. The topological polar surface area (TPSA) is 36.1 Å². The molecule has 4 bridgehead atoms. The Morgan fingerprint density at radius 1 is 1.36 bits per heavy atom. The Hall–Kier alpha value is -1.32. The number of fused-ring (bicyclic) bond motifs is 4. The van der Waals surface area contributed by atoms with Crippen molar-refractivity contribution >= 4 is 28.8 Å². The molecule has 0 radical (unpaired) electrons. The molecule has 1 N–H and O–H groups in total. The van der Waals surface area contributed by atoms with Crippen LogP contribution >= 0.6 is 11.6 Å². The number of alkyl halides is 1. The van der Waals surface area contributed by atoms with Gasteiger partial charge >= 0.3 is 0 Å². The van der Waals surface area contributed by atoms with Crippen molar-refractivity contribution in [2.45, 2.75) is 43.3 Å². The van der Waals surface area contributed by atoms with E-state index in [1.165, 1.54) is 28.4 Å². The van der Waals surface area contributed by atoms with Gasteiger partial charge in [-0.25, -0.2) is 0 Å². The number of carbonyl (C=O) groups is 1. The van der Waals surface area contributed by atoms with E-state index in [0.29, 0.717) is 24.0 Å². The Labute approximate surface area is 134 Å². The summed E-state index contributed by atoms with van der Waals surface area (Å²) in [6.07, 6.45) is 3.13. The van der Waals surface area contributed by atoms with Gasteiger partial charge in [-0.15, -0.1) is 11.6 Å². The van der Waals surface area contributed by atoms with Crippen LogP contribution in [0.3, 0.4) is 0 Å². The highest BCUT2D eigenvalue weighted by molar-refractivity contribution is 6.21. The van der Waals surface area contributed by atoms with E-state index in [1.54, 1.807) is 0 Å². The maximum Gasteiger partial charge on any atom is 0.124 e. The van der Waals surface area contributed by atoms with Crippen LogP contribution in [0.2, 0.25) is 0 Å². The van der Waals surface area contributed by atoms with Gasteiger partial charge in [-0.05, 0) is 37.3 Å². The van der Waals surface area contributed by atoms with Crippen molar-refractivity contribution in [3.63, 3.8) is 0 Å². The number of nitrogens with one attached hydrogen (secondary N) is 1. The van der Waals surface area contributed by atoms with Crippen molar-refractivity contribution in [1.29, 1.82) is 0 Å². The smallest absolute Gasteiger partial charge is 0.124 e. The Kier molecular flexibility index (Phi) is 2.61. The maximum atomic E-state index is 11.7. The lowest BCUT2D eigenvalue weighted by atomic mass is 9.64. The summed E-state index contributed by atoms with van der Waals surface area (Å²) in [6, 6.07) is 9.58. The van der Waals surface area contributed by atoms with Crippen LogP contribution in [-0.2, 0) is 11.2 Å². The fourth-order valence-electron chi connectivity index (χ4n) is 5.34. The fraction of sp³-hybridized carbons (Fsp3) is 0.500. The van der Waals surface area contributed by atoms with Crippen LogP contribution in [-0.4, -0.2) is 33.6 Å². The zero-order chi connectivity index (χ0) is 15.0. The van der Waals surface area contributed by atoms with Crippen molar-refractivity contribution in [1.82, 2.24) is 9.88 Å². The number of nitrogens with zero attached hydrogens (tertiary/aromatic N) is 1. The molecule has 22 heavy (non-hydrogen) atoms. The first-order valence-electron chi connectivity index (χ1n) is 8.17. The Morgan fingerprint density at radius 3 is 3.00 bits per heavy atom. The van der Waals surface area contributed by atoms with E-state index in [9.17, 15) is 4.79 Å². The van der Waals surface area contributed by atoms with Crippen molar-refractivity contribution in [2.24, 2.45) is 11.8 Å². The van der Waals surface area contributed by atoms with Crippen LogP contribution in [0.5, 0.6) is 0 Å².